The van der Waals surface area contributed by atoms with Gasteiger partial charge in [0, 0.05) is 22.8 Å². The summed E-state index contributed by atoms with van der Waals surface area (Å²) < 4.78 is 28.3. The standard InChI is InChI=1S/C32H33ClFN3O4/c1-32(25-4-2-3-5-29(25)41-20-22-6-8-23(33)17-26(22)34)11-13-36(14-12-32)19-30-35-27-9-7-21(31(38)39)16-28(27)37(30)18-24-10-15-40-24/h2-9,16-17,24H,10-15,18-20H2,1H3,(H,38,39). The Bertz CT molecular complexity index is 1580. The van der Waals surface area contributed by atoms with Crippen LogP contribution in [0.4, 0.5) is 4.39 Å². The zero-order valence-electron chi connectivity index (χ0n) is 23.0. The van der Waals surface area contributed by atoms with E-state index >= 15 is 0 Å². The van der Waals surface area contributed by atoms with Crippen molar-refractivity contribution in [3.8, 4) is 5.75 Å². The molecule has 2 aliphatic rings. The quantitative estimate of drug-likeness (QED) is 0.246. The number of carboxylic acid groups (broad SMARTS) is 1. The smallest absolute Gasteiger partial charge is 0.335 e. The summed E-state index contributed by atoms with van der Waals surface area (Å²) in [7, 11) is 0. The van der Waals surface area contributed by atoms with E-state index in [0.717, 1.165) is 67.1 Å². The van der Waals surface area contributed by atoms with Crippen molar-refractivity contribution in [3.63, 3.8) is 0 Å². The van der Waals surface area contributed by atoms with Crippen LogP contribution >= 0.6 is 11.6 Å². The number of hydrogen-bond donors (Lipinski definition) is 1. The Balaban J connectivity index is 1.17. The molecule has 4 aromatic rings. The number of para-hydroxylation sites is 1. The molecular weight excluding hydrogens is 545 g/mol. The zero-order chi connectivity index (χ0) is 28.6. The number of aromatic nitrogens is 2. The number of hydrogen-bond acceptors (Lipinski definition) is 5. The molecule has 1 aromatic heterocycles. The van der Waals surface area contributed by atoms with Crippen LogP contribution in [0.15, 0.2) is 60.7 Å². The number of imidazole rings is 1. The van der Waals surface area contributed by atoms with Crippen molar-refractivity contribution < 1.29 is 23.8 Å². The molecule has 3 aromatic carbocycles. The summed E-state index contributed by atoms with van der Waals surface area (Å²) in [5.41, 5.74) is 3.39. The number of piperidine rings is 1. The molecular formula is C32H33ClFN3O4. The predicted octanol–water partition coefficient (Wildman–Crippen LogP) is 6.45. The second-order valence-corrected chi connectivity index (χ2v) is 11.7. The van der Waals surface area contributed by atoms with Gasteiger partial charge in [-0.25, -0.2) is 14.2 Å². The molecule has 2 saturated heterocycles. The van der Waals surface area contributed by atoms with E-state index in [9.17, 15) is 14.3 Å². The van der Waals surface area contributed by atoms with Crippen molar-refractivity contribution in [1.29, 1.82) is 0 Å². The molecule has 214 valence electrons. The molecule has 0 spiro atoms. The maximum atomic E-state index is 14.3. The Morgan fingerprint density at radius 2 is 1.95 bits per heavy atom. The van der Waals surface area contributed by atoms with Crippen LogP contribution in [0.1, 0.15) is 53.5 Å². The molecule has 1 atom stereocenters. The maximum absolute atomic E-state index is 14.3. The van der Waals surface area contributed by atoms with Gasteiger partial charge in [0.15, 0.2) is 0 Å². The van der Waals surface area contributed by atoms with E-state index in [2.05, 4.69) is 22.5 Å². The SMILES string of the molecule is CC1(c2ccccc2OCc2ccc(Cl)cc2F)CCN(Cc2nc3ccc(C(=O)O)cc3n2CC2CCO2)CC1. The molecule has 1 unspecified atom stereocenters. The van der Waals surface area contributed by atoms with E-state index in [1.54, 1.807) is 30.3 Å². The summed E-state index contributed by atoms with van der Waals surface area (Å²) in [4.78, 5) is 18.9. The molecule has 9 heteroatoms. The first-order chi connectivity index (χ1) is 19.8. The summed E-state index contributed by atoms with van der Waals surface area (Å²) in [6.45, 7) is 6.25. The summed E-state index contributed by atoms with van der Waals surface area (Å²) in [5.74, 6) is 0.382. The molecule has 0 amide bonds. The molecule has 1 N–H and O–H groups in total. The van der Waals surface area contributed by atoms with Gasteiger partial charge in [-0.3, -0.25) is 4.90 Å². The monoisotopic (exact) mass is 577 g/mol. The van der Waals surface area contributed by atoms with Gasteiger partial charge >= 0.3 is 5.97 Å². The predicted molar refractivity (Wildman–Crippen MR) is 155 cm³/mol. The van der Waals surface area contributed by atoms with E-state index in [1.165, 1.54) is 6.07 Å². The summed E-state index contributed by atoms with van der Waals surface area (Å²) in [6, 6.07) is 17.8. The van der Waals surface area contributed by atoms with E-state index in [0.29, 0.717) is 23.7 Å². The van der Waals surface area contributed by atoms with Crippen LogP contribution in [0.5, 0.6) is 5.75 Å². The number of fused-ring (bicyclic) bond motifs is 1. The topological polar surface area (TPSA) is 76.8 Å². The molecule has 0 bridgehead atoms. The lowest BCUT2D eigenvalue weighted by molar-refractivity contribution is -0.0592. The minimum Gasteiger partial charge on any atom is -0.488 e. The highest BCUT2D eigenvalue weighted by Crippen LogP contribution is 2.40. The molecule has 3 heterocycles. The van der Waals surface area contributed by atoms with Crippen LogP contribution in [0, 0.1) is 5.82 Å². The molecule has 0 aliphatic carbocycles. The molecule has 2 aliphatic heterocycles. The lowest BCUT2D eigenvalue weighted by Gasteiger charge is -2.40. The lowest BCUT2D eigenvalue weighted by Crippen LogP contribution is -2.41. The van der Waals surface area contributed by atoms with Gasteiger partial charge in [-0.05, 0) is 74.2 Å². The lowest BCUT2D eigenvalue weighted by atomic mass is 9.74. The minimum atomic E-state index is -0.945. The second-order valence-electron chi connectivity index (χ2n) is 11.3. The highest BCUT2D eigenvalue weighted by atomic mass is 35.5. The number of halogens is 2. The Morgan fingerprint density at radius 1 is 1.17 bits per heavy atom. The molecule has 6 rings (SSSR count). The van der Waals surface area contributed by atoms with Crippen LogP contribution in [0.25, 0.3) is 11.0 Å². The van der Waals surface area contributed by atoms with Crippen molar-refractivity contribution in [3.05, 3.63) is 94.0 Å². The van der Waals surface area contributed by atoms with Crippen LogP contribution in [-0.2, 0) is 29.8 Å². The molecule has 7 nitrogen and oxygen atoms in total. The van der Waals surface area contributed by atoms with E-state index in [4.69, 9.17) is 26.1 Å². The third-order valence-electron chi connectivity index (χ3n) is 8.51. The third-order valence-corrected chi connectivity index (χ3v) is 8.75. The number of benzene rings is 3. The largest absolute Gasteiger partial charge is 0.488 e. The molecule has 0 radical (unpaired) electrons. The molecule has 41 heavy (non-hydrogen) atoms. The fraction of sp³-hybridized carbons (Fsp3) is 0.375. The number of aromatic carboxylic acids is 1. The van der Waals surface area contributed by atoms with E-state index < -0.39 is 5.97 Å². The van der Waals surface area contributed by atoms with Crippen molar-refractivity contribution in [2.45, 2.75) is 57.4 Å². The highest BCUT2D eigenvalue weighted by Gasteiger charge is 2.34. The van der Waals surface area contributed by atoms with Crippen molar-refractivity contribution in [1.82, 2.24) is 14.5 Å². The number of likely N-dealkylation sites (tertiary alicyclic amines) is 1. The fourth-order valence-electron chi connectivity index (χ4n) is 5.82. The molecule has 0 saturated carbocycles. The van der Waals surface area contributed by atoms with Gasteiger partial charge in [-0.2, -0.15) is 0 Å². The normalized spacial score (nSPS) is 18.8. The van der Waals surface area contributed by atoms with Gasteiger partial charge in [0.1, 0.15) is 24.0 Å². The first kappa shape index (κ1) is 27.7. The van der Waals surface area contributed by atoms with Crippen molar-refractivity contribution >= 4 is 28.6 Å². The minimum absolute atomic E-state index is 0.0953. The number of carboxylic acids is 1. The highest BCUT2D eigenvalue weighted by molar-refractivity contribution is 6.30. The van der Waals surface area contributed by atoms with Crippen LogP contribution in [-0.4, -0.2) is 51.3 Å². The summed E-state index contributed by atoms with van der Waals surface area (Å²) in [5, 5.41) is 9.89. The van der Waals surface area contributed by atoms with E-state index in [1.807, 2.05) is 18.2 Å². The Hall–Kier alpha value is -3.46. The summed E-state index contributed by atoms with van der Waals surface area (Å²) in [6.07, 6.45) is 2.98. The number of rotatable bonds is 9. The third kappa shape index (κ3) is 5.82. The zero-order valence-corrected chi connectivity index (χ0v) is 23.7. The van der Waals surface area contributed by atoms with Crippen molar-refractivity contribution in [2.24, 2.45) is 0 Å². The van der Waals surface area contributed by atoms with Gasteiger partial charge in [0.2, 0.25) is 0 Å². The maximum Gasteiger partial charge on any atom is 0.335 e. The van der Waals surface area contributed by atoms with Gasteiger partial charge < -0.3 is 19.1 Å². The van der Waals surface area contributed by atoms with Crippen LogP contribution in [0.3, 0.4) is 0 Å². The Morgan fingerprint density at radius 3 is 2.66 bits per heavy atom. The van der Waals surface area contributed by atoms with Gasteiger partial charge in [0.05, 0.1) is 35.8 Å². The fourth-order valence-corrected chi connectivity index (χ4v) is 5.98. The second kappa shape index (κ2) is 11.4. The van der Waals surface area contributed by atoms with Crippen LogP contribution < -0.4 is 4.74 Å². The van der Waals surface area contributed by atoms with Crippen LogP contribution in [0.2, 0.25) is 5.02 Å². The number of ether oxygens (including phenoxy) is 2. The van der Waals surface area contributed by atoms with Gasteiger partial charge in [0.25, 0.3) is 0 Å². The average Bonchev–Trinajstić information content (AvgIpc) is 3.27. The number of nitrogens with zero attached hydrogens (tertiary/aromatic N) is 3. The first-order valence-electron chi connectivity index (χ1n) is 14.0. The van der Waals surface area contributed by atoms with E-state index in [-0.39, 0.29) is 29.5 Å². The Labute approximate surface area is 243 Å². The van der Waals surface area contributed by atoms with Gasteiger partial charge in [-0.1, -0.05) is 42.8 Å². The Kier molecular flexibility index (Phi) is 7.72. The first-order valence-corrected chi connectivity index (χ1v) is 14.4. The average molecular weight is 578 g/mol. The van der Waals surface area contributed by atoms with Gasteiger partial charge in [-0.15, -0.1) is 0 Å². The summed E-state index contributed by atoms with van der Waals surface area (Å²) >= 11 is 5.90. The molecule has 2 fully saturated rings. The van der Waals surface area contributed by atoms with Crippen molar-refractivity contribution in [2.75, 3.05) is 19.7 Å². The number of carbonyl (C=O) groups is 1.